The second-order valence-corrected chi connectivity index (χ2v) is 6.95. The molecular weight excluding hydrogens is 308 g/mol. The first-order chi connectivity index (χ1) is 11.9. The third kappa shape index (κ3) is 5.17. The highest BCUT2D eigenvalue weighted by atomic mass is 16.2. The second kappa shape index (κ2) is 8.82. The van der Waals surface area contributed by atoms with Crippen molar-refractivity contribution in [1.82, 2.24) is 0 Å². The maximum Gasteiger partial charge on any atom is 0.279 e. The summed E-state index contributed by atoms with van der Waals surface area (Å²) in [4.78, 5) is 13.7. The van der Waals surface area contributed by atoms with Gasteiger partial charge in [0.25, 0.3) is 5.91 Å². The van der Waals surface area contributed by atoms with Gasteiger partial charge in [-0.15, -0.1) is 0 Å². The monoisotopic (exact) mass is 339 g/mol. The van der Waals surface area contributed by atoms with Gasteiger partial charge in [-0.2, -0.15) is 0 Å². The average Bonchev–Trinajstić information content (AvgIpc) is 2.57. The van der Waals surface area contributed by atoms with E-state index in [-0.39, 0.29) is 5.91 Å². The third-order valence-corrected chi connectivity index (χ3v) is 4.72. The molecule has 3 nitrogen and oxygen atoms in total. The van der Waals surface area contributed by atoms with Crippen LogP contribution >= 0.6 is 0 Å². The Hall–Kier alpha value is -2.13. The number of anilines is 1. The van der Waals surface area contributed by atoms with E-state index < -0.39 is 0 Å². The lowest BCUT2D eigenvalue weighted by molar-refractivity contribution is -0.885. The summed E-state index contributed by atoms with van der Waals surface area (Å²) in [7, 11) is 2.07. The third-order valence-electron chi connectivity index (χ3n) is 4.72. The molecule has 2 N–H and O–H groups in total. The van der Waals surface area contributed by atoms with E-state index in [2.05, 4.69) is 76.5 Å². The highest BCUT2D eigenvalue weighted by molar-refractivity contribution is 5.93. The van der Waals surface area contributed by atoms with Crippen LogP contribution in [-0.4, -0.2) is 19.5 Å². The zero-order chi connectivity index (χ0) is 18.4. The summed E-state index contributed by atoms with van der Waals surface area (Å²) in [5, 5.41) is 3.16. The number of aryl methyl sites for hydroxylation is 4. The predicted molar refractivity (Wildman–Crippen MR) is 105 cm³/mol. The van der Waals surface area contributed by atoms with Gasteiger partial charge in [-0.05, 0) is 43.4 Å². The number of benzene rings is 2. The van der Waals surface area contributed by atoms with E-state index in [1.165, 1.54) is 32.7 Å². The van der Waals surface area contributed by atoms with Crippen LogP contribution in [0.5, 0.6) is 0 Å². The van der Waals surface area contributed by atoms with Crippen molar-refractivity contribution in [3.8, 4) is 0 Å². The van der Waals surface area contributed by atoms with E-state index in [0.29, 0.717) is 6.54 Å². The second-order valence-electron chi connectivity index (χ2n) is 6.95. The molecule has 0 aliphatic carbocycles. The first kappa shape index (κ1) is 19.2. The van der Waals surface area contributed by atoms with Crippen LogP contribution in [0.1, 0.15) is 41.7 Å². The summed E-state index contributed by atoms with van der Waals surface area (Å²) >= 11 is 0. The molecule has 0 saturated carbocycles. The molecule has 1 unspecified atom stereocenters. The van der Waals surface area contributed by atoms with Crippen LogP contribution in [0.2, 0.25) is 0 Å². The van der Waals surface area contributed by atoms with Crippen LogP contribution in [0.3, 0.4) is 0 Å². The van der Waals surface area contributed by atoms with Gasteiger partial charge < -0.3 is 10.2 Å². The van der Waals surface area contributed by atoms with Gasteiger partial charge in [-0.1, -0.05) is 55.8 Å². The van der Waals surface area contributed by atoms with E-state index in [1.807, 2.05) is 0 Å². The molecule has 0 radical (unpaired) electrons. The van der Waals surface area contributed by atoms with Gasteiger partial charge in [0.2, 0.25) is 0 Å². The minimum atomic E-state index is 0.0814. The van der Waals surface area contributed by atoms with Crippen LogP contribution in [-0.2, 0) is 24.2 Å². The van der Waals surface area contributed by atoms with Crippen LogP contribution < -0.4 is 10.2 Å². The summed E-state index contributed by atoms with van der Waals surface area (Å²) in [5.74, 6) is 0.0814. The Labute approximate surface area is 152 Å². The Kier molecular flexibility index (Phi) is 6.77. The van der Waals surface area contributed by atoms with Gasteiger partial charge >= 0.3 is 0 Å². The fourth-order valence-electron chi connectivity index (χ4n) is 3.29. The van der Waals surface area contributed by atoms with Crippen molar-refractivity contribution in [1.29, 1.82) is 0 Å². The molecule has 0 saturated heterocycles. The zero-order valence-corrected chi connectivity index (χ0v) is 16.2. The van der Waals surface area contributed by atoms with E-state index in [4.69, 9.17) is 0 Å². The van der Waals surface area contributed by atoms with Crippen molar-refractivity contribution < 1.29 is 9.69 Å². The number of carbonyl (C=O) groups excluding carboxylic acids is 1. The van der Waals surface area contributed by atoms with Crippen molar-refractivity contribution in [3.63, 3.8) is 0 Å². The topological polar surface area (TPSA) is 33.5 Å². The van der Waals surface area contributed by atoms with Crippen LogP contribution in [0.15, 0.2) is 36.4 Å². The van der Waals surface area contributed by atoms with Crippen LogP contribution in [0.25, 0.3) is 0 Å². The van der Waals surface area contributed by atoms with Gasteiger partial charge in [-0.3, -0.25) is 4.79 Å². The summed E-state index contributed by atoms with van der Waals surface area (Å²) in [5.41, 5.74) is 7.31. The van der Waals surface area contributed by atoms with Crippen molar-refractivity contribution in [2.45, 2.75) is 47.1 Å². The molecule has 2 aromatic carbocycles. The minimum Gasteiger partial charge on any atom is -0.326 e. The Morgan fingerprint density at radius 2 is 1.64 bits per heavy atom. The molecule has 1 amide bonds. The molecule has 2 aromatic rings. The molecule has 0 aliphatic heterocycles. The molecule has 0 aliphatic rings. The van der Waals surface area contributed by atoms with E-state index in [1.54, 1.807) is 0 Å². The summed E-state index contributed by atoms with van der Waals surface area (Å²) < 4.78 is 0. The standard InChI is InChI=1S/C22H30N2O/c1-6-18-9-8-10-19(7-2)22(18)23-21(25)15-24(5)14-20-12-11-16(3)13-17(20)4/h8-13H,6-7,14-15H2,1-5H3,(H,23,25)/p+1. The largest absolute Gasteiger partial charge is 0.326 e. The zero-order valence-electron chi connectivity index (χ0n) is 16.2. The number of quaternary nitrogens is 1. The lowest BCUT2D eigenvalue weighted by Crippen LogP contribution is -3.08. The fraction of sp³-hybridized carbons (Fsp3) is 0.409. The first-order valence-corrected chi connectivity index (χ1v) is 9.22. The molecule has 0 spiro atoms. The molecule has 0 heterocycles. The molecule has 25 heavy (non-hydrogen) atoms. The lowest BCUT2D eigenvalue weighted by Gasteiger charge is -2.18. The van der Waals surface area contributed by atoms with E-state index in [0.717, 1.165) is 25.1 Å². The smallest absolute Gasteiger partial charge is 0.279 e. The van der Waals surface area contributed by atoms with Crippen LogP contribution in [0, 0.1) is 13.8 Å². The maximum absolute atomic E-state index is 12.6. The molecule has 3 heteroatoms. The summed E-state index contributed by atoms with van der Waals surface area (Å²) in [6, 6.07) is 12.8. The number of hydrogen-bond donors (Lipinski definition) is 2. The number of hydrogen-bond acceptors (Lipinski definition) is 1. The Balaban J connectivity index is 2.02. The predicted octanol–water partition coefficient (Wildman–Crippen LogP) is 3.08. The Morgan fingerprint density at radius 3 is 2.20 bits per heavy atom. The van der Waals surface area contributed by atoms with Crippen LogP contribution in [0.4, 0.5) is 5.69 Å². The van der Waals surface area contributed by atoms with E-state index >= 15 is 0 Å². The molecule has 0 aromatic heterocycles. The number of amides is 1. The summed E-state index contributed by atoms with van der Waals surface area (Å²) in [6.45, 7) is 9.83. The minimum absolute atomic E-state index is 0.0814. The molecule has 0 bridgehead atoms. The quantitative estimate of drug-likeness (QED) is 0.798. The first-order valence-electron chi connectivity index (χ1n) is 9.22. The van der Waals surface area contributed by atoms with Gasteiger partial charge in [0, 0.05) is 11.3 Å². The molecule has 0 fully saturated rings. The normalized spacial score (nSPS) is 12.0. The van der Waals surface area contributed by atoms with Gasteiger partial charge in [0.1, 0.15) is 6.54 Å². The van der Waals surface area contributed by atoms with Crippen molar-refractivity contribution in [3.05, 3.63) is 64.2 Å². The van der Waals surface area contributed by atoms with Gasteiger partial charge in [0.05, 0.1) is 7.05 Å². The van der Waals surface area contributed by atoms with Crippen molar-refractivity contribution in [2.24, 2.45) is 0 Å². The number of rotatable bonds is 7. The van der Waals surface area contributed by atoms with Gasteiger partial charge in [0.15, 0.2) is 6.54 Å². The highest BCUT2D eigenvalue weighted by Gasteiger charge is 2.15. The Bertz CT molecular complexity index is 715. The number of nitrogens with one attached hydrogen (secondary N) is 2. The lowest BCUT2D eigenvalue weighted by atomic mass is 10.0. The molecule has 2 rings (SSSR count). The van der Waals surface area contributed by atoms with Crippen molar-refractivity contribution in [2.75, 3.05) is 18.9 Å². The molecular formula is C22H31N2O+. The fourth-order valence-corrected chi connectivity index (χ4v) is 3.29. The number of carbonyl (C=O) groups is 1. The number of likely N-dealkylation sites (N-methyl/N-ethyl adjacent to an activating group) is 1. The number of para-hydroxylation sites is 1. The summed E-state index contributed by atoms with van der Waals surface area (Å²) in [6.07, 6.45) is 1.85. The maximum atomic E-state index is 12.6. The van der Waals surface area contributed by atoms with E-state index in [9.17, 15) is 4.79 Å². The SMILES string of the molecule is CCc1cccc(CC)c1NC(=O)C[NH+](C)Cc1ccc(C)cc1C. The van der Waals surface area contributed by atoms with Crippen molar-refractivity contribution >= 4 is 11.6 Å². The molecule has 134 valence electrons. The average molecular weight is 340 g/mol. The highest BCUT2D eigenvalue weighted by Crippen LogP contribution is 2.22. The Morgan fingerprint density at radius 1 is 1.00 bits per heavy atom. The molecule has 1 atom stereocenters. The van der Waals surface area contributed by atoms with Gasteiger partial charge in [-0.25, -0.2) is 0 Å².